The summed E-state index contributed by atoms with van der Waals surface area (Å²) in [6.07, 6.45) is 7.05. The molecule has 1 N–H and O–H groups in total. The fraction of sp³-hybridized carbons (Fsp3) is 0.200. The predicted octanol–water partition coefficient (Wildman–Crippen LogP) is 3.03. The molecule has 0 fully saturated rings. The van der Waals surface area contributed by atoms with Crippen LogP contribution in [-0.4, -0.2) is 22.0 Å². The Kier molecular flexibility index (Phi) is 5.40. The zero-order valence-corrected chi connectivity index (χ0v) is 13.5. The fourth-order valence-corrected chi connectivity index (χ4v) is 2.70. The Morgan fingerprint density at radius 3 is 2.46 bits per heavy atom. The second-order valence-corrected chi connectivity index (χ2v) is 5.70. The van der Waals surface area contributed by atoms with Gasteiger partial charge >= 0.3 is 0 Å². The van der Waals surface area contributed by atoms with E-state index in [0.29, 0.717) is 13.0 Å². The van der Waals surface area contributed by atoms with Crippen molar-refractivity contribution in [2.24, 2.45) is 0 Å². The van der Waals surface area contributed by atoms with E-state index >= 15 is 0 Å². The molecular formula is C20H21N3O. The third-order valence-electron chi connectivity index (χ3n) is 3.97. The number of rotatable bonds is 7. The minimum Gasteiger partial charge on any atom is -0.354 e. The molecule has 2 aromatic heterocycles. The first-order valence-corrected chi connectivity index (χ1v) is 8.17. The summed E-state index contributed by atoms with van der Waals surface area (Å²) in [5, 5.41) is 3.04. The molecule has 1 amide bonds. The standard InChI is InChI=1S/C20H21N3O/c24-20(22-13-11-18-10-4-5-12-21-18)19(23-14-6-7-15-23)16-17-8-2-1-3-9-17/h1-10,12,14-15,19H,11,13,16H2,(H,22,24)/t19-/m0/s1. The summed E-state index contributed by atoms with van der Waals surface area (Å²) in [6, 6.07) is 19.6. The molecule has 0 saturated carbocycles. The quantitative estimate of drug-likeness (QED) is 0.727. The minimum atomic E-state index is -0.244. The van der Waals surface area contributed by atoms with Gasteiger partial charge in [-0.3, -0.25) is 9.78 Å². The summed E-state index contributed by atoms with van der Waals surface area (Å²) in [4.78, 5) is 17.0. The normalized spacial score (nSPS) is 11.8. The summed E-state index contributed by atoms with van der Waals surface area (Å²) < 4.78 is 1.96. The minimum absolute atomic E-state index is 0.0333. The van der Waals surface area contributed by atoms with Gasteiger partial charge in [-0.25, -0.2) is 0 Å². The first-order valence-electron chi connectivity index (χ1n) is 8.17. The van der Waals surface area contributed by atoms with Crippen molar-refractivity contribution in [1.29, 1.82) is 0 Å². The van der Waals surface area contributed by atoms with Crippen LogP contribution in [0.4, 0.5) is 0 Å². The number of pyridine rings is 1. The highest BCUT2D eigenvalue weighted by Crippen LogP contribution is 2.15. The molecule has 2 heterocycles. The molecule has 122 valence electrons. The lowest BCUT2D eigenvalue weighted by Crippen LogP contribution is -2.34. The lowest BCUT2D eigenvalue weighted by Gasteiger charge is -2.19. The van der Waals surface area contributed by atoms with Crippen molar-refractivity contribution in [3.8, 4) is 0 Å². The molecule has 0 spiro atoms. The van der Waals surface area contributed by atoms with Gasteiger partial charge in [0.15, 0.2) is 0 Å². The second kappa shape index (κ2) is 8.11. The number of hydrogen-bond donors (Lipinski definition) is 1. The number of amides is 1. The molecule has 3 rings (SSSR count). The van der Waals surface area contributed by atoms with Crippen LogP contribution in [0.25, 0.3) is 0 Å². The number of carbonyl (C=O) groups is 1. The Labute approximate surface area is 142 Å². The van der Waals surface area contributed by atoms with Crippen LogP contribution in [0.5, 0.6) is 0 Å². The summed E-state index contributed by atoms with van der Waals surface area (Å²) >= 11 is 0. The highest BCUT2D eigenvalue weighted by molar-refractivity contribution is 5.80. The lowest BCUT2D eigenvalue weighted by molar-refractivity contribution is -0.124. The third-order valence-corrected chi connectivity index (χ3v) is 3.97. The first kappa shape index (κ1) is 16.0. The number of benzene rings is 1. The molecule has 0 bridgehead atoms. The Hall–Kier alpha value is -2.88. The topological polar surface area (TPSA) is 46.9 Å². The number of aromatic nitrogens is 2. The summed E-state index contributed by atoms with van der Waals surface area (Å²) in [6.45, 7) is 0.586. The van der Waals surface area contributed by atoms with Crippen LogP contribution in [0.1, 0.15) is 17.3 Å². The average Bonchev–Trinajstić information content (AvgIpc) is 3.16. The van der Waals surface area contributed by atoms with Crippen LogP contribution in [0.15, 0.2) is 79.3 Å². The predicted molar refractivity (Wildman–Crippen MR) is 94.6 cm³/mol. The van der Waals surface area contributed by atoms with Gasteiger partial charge in [0.2, 0.25) is 5.91 Å². The molecule has 24 heavy (non-hydrogen) atoms. The first-order chi connectivity index (χ1) is 11.8. The highest BCUT2D eigenvalue weighted by Gasteiger charge is 2.19. The van der Waals surface area contributed by atoms with E-state index in [2.05, 4.69) is 22.4 Å². The maximum absolute atomic E-state index is 12.7. The molecule has 1 atom stereocenters. The zero-order chi connectivity index (χ0) is 16.6. The Morgan fingerprint density at radius 1 is 1.00 bits per heavy atom. The largest absolute Gasteiger partial charge is 0.354 e. The fourth-order valence-electron chi connectivity index (χ4n) is 2.70. The van der Waals surface area contributed by atoms with Gasteiger partial charge in [-0.2, -0.15) is 0 Å². The third kappa shape index (κ3) is 4.32. The van der Waals surface area contributed by atoms with Gasteiger partial charge in [-0.1, -0.05) is 36.4 Å². The van der Waals surface area contributed by atoms with Gasteiger partial charge in [0.1, 0.15) is 6.04 Å². The molecule has 0 unspecified atom stereocenters. The Balaban J connectivity index is 1.63. The molecule has 0 aliphatic heterocycles. The molecular weight excluding hydrogens is 298 g/mol. The summed E-state index contributed by atoms with van der Waals surface area (Å²) in [5.74, 6) is 0.0333. The lowest BCUT2D eigenvalue weighted by atomic mass is 10.1. The molecule has 0 radical (unpaired) electrons. The van der Waals surface area contributed by atoms with E-state index in [0.717, 1.165) is 17.7 Å². The van der Waals surface area contributed by atoms with Crippen molar-refractivity contribution in [1.82, 2.24) is 14.9 Å². The molecule has 3 aromatic rings. The maximum atomic E-state index is 12.7. The number of hydrogen-bond acceptors (Lipinski definition) is 2. The summed E-state index contributed by atoms with van der Waals surface area (Å²) in [5.41, 5.74) is 2.13. The maximum Gasteiger partial charge on any atom is 0.243 e. The van der Waals surface area contributed by atoms with Gasteiger partial charge in [-0.05, 0) is 29.8 Å². The van der Waals surface area contributed by atoms with E-state index in [1.54, 1.807) is 6.20 Å². The van der Waals surface area contributed by atoms with Crippen LogP contribution in [0, 0.1) is 0 Å². The van der Waals surface area contributed by atoms with Crippen LogP contribution in [-0.2, 0) is 17.6 Å². The molecule has 1 aromatic carbocycles. The molecule has 0 aliphatic carbocycles. The van der Waals surface area contributed by atoms with E-state index in [1.807, 2.05) is 65.5 Å². The number of nitrogens with zero attached hydrogens (tertiary/aromatic N) is 2. The van der Waals surface area contributed by atoms with Gasteiger partial charge in [0.25, 0.3) is 0 Å². The smallest absolute Gasteiger partial charge is 0.243 e. The van der Waals surface area contributed by atoms with E-state index in [-0.39, 0.29) is 11.9 Å². The van der Waals surface area contributed by atoms with Crippen molar-refractivity contribution in [3.63, 3.8) is 0 Å². The number of nitrogens with one attached hydrogen (secondary N) is 1. The van der Waals surface area contributed by atoms with Crippen molar-refractivity contribution < 1.29 is 4.79 Å². The molecule has 4 heteroatoms. The van der Waals surface area contributed by atoms with E-state index in [4.69, 9.17) is 0 Å². The van der Waals surface area contributed by atoms with Crippen molar-refractivity contribution >= 4 is 5.91 Å². The SMILES string of the molecule is O=C(NCCc1ccccn1)[C@H](Cc1ccccc1)n1cccc1. The molecule has 0 saturated heterocycles. The number of carbonyl (C=O) groups excluding carboxylic acids is 1. The zero-order valence-electron chi connectivity index (χ0n) is 13.5. The van der Waals surface area contributed by atoms with Gasteiger partial charge in [0, 0.05) is 43.7 Å². The van der Waals surface area contributed by atoms with Gasteiger partial charge in [-0.15, -0.1) is 0 Å². The van der Waals surface area contributed by atoms with Crippen molar-refractivity contribution in [2.45, 2.75) is 18.9 Å². The second-order valence-electron chi connectivity index (χ2n) is 5.70. The van der Waals surface area contributed by atoms with Gasteiger partial charge < -0.3 is 9.88 Å². The van der Waals surface area contributed by atoms with Crippen LogP contribution in [0.2, 0.25) is 0 Å². The van der Waals surface area contributed by atoms with E-state index < -0.39 is 0 Å². The monoisotopic (exact) mass is 319 g/mol. The van der Waals surface area contributed by atoms with Crippen LogP contribution in [0.3, 0.4) is 0 Å². The summed E-state index contributed by atoms with van der Waals surface area (Å²) in [7, 11) is 0. The Morgan fingerprint density at radius 2 is 1.75 bits per heavy atom. The average molecular weight is 319 g/mol. The van der Waals surface area contributed by atoms with Gasteiger partial charge in [0.05, 0.1) is 0 Å². The molecule has 0 aliphatic rings. The van der Waals surface area contributed by atoms with Crippen LogP contribution >= 0.6 is 0 Å². The van der Waals surface area contributed by atoms with Crippen LogP contribution < -0.4 is 5.32 Å². The van der Waals surface area contributed by atoms with E-state index in [9.17, 15) is 4.79 Å². The molecule has 4 nitrogen and oxygen atoms in total. The van der Waals surface area contributed by atoms with E-state index in [1.165, 1.54) is 0 Å². The Bertz CT molecular complexity index is 739. The highest BCUT2D eigenvalue weighted by atomic mass is 16.2. The van der Waals surface area contributed by atoms with Crippen molar-refractivity contribution in [2.75, 3.05) is 6.54 Å². The van der Waals surface area contributed by atoms with Crippen molar-refractivity contribution in [3.05, 3.63) is 90.5 Å².